The van der Waals surface area contributed by atoms with Crippen molar-refractivity contribution in [2.75, 3.05) is 13.1 Å². The maximum Gasteiger partial charge on any atom is 0.0930 e. The summed E-state index contributed by atoms with van der Waals surface area (Å²) < 4.78 is 0. The van der Waals surface area contributed by atoms with Crippen molar-refractivity contribution in [3.8, 4) is 0 Å². The molecule has 1 aliphatic rings. The number of rotatable bonds is 7. The zero-order chi connectivity index (χ0) is 12.3. The molecule has 0 aliphatic heterocycles. The van der Waals surface area contributed by atoms with Crippen LogP contribution in [0.5, 0.6) is 0 Å². The molecule has 0 radical (unpaired) electrons. The molecule has 1 aromatic rings. The van der Waals surface area contributed by atoms with Gasteiger partial charge >= 0.3 is 0 Å². The van der Waals surface area contributed by atoms with Gasteiger partial charge in [0.2, 0.25) is 0 Å². The lowest BCUT2D eigenvalue weighted by atomic mass is 9.81. The maximum atomic E-state index is 4.45. The van der Waals surface area contributed by atoms with Gasteiger partial charge in [-0.2, -0.15) is 0 Å². The first kappa shape index (κ1) is 13.0. The molecule has 3 heteroatoms. The molecule has 96 valence electrons. The molecular formula is C14H24N2S. The van der Waals surface area contributed by atoms with Gasteiger partial charge in [0.15, 0.2) is 0 Å². The molecule has 1 N–H and O–H groups in total. The van der Waals surface area contributed by atoms with Crippen LogP contribution in [-0.4, -0.2) is 18.1 Å². The summed E-state index contributed by atoms with van der Waals surface area (Å²) in [6, 6.07) is 0. The Morgan fingerprint density at radius 2 is 2.29 bits per heavy atom. The summed E-state index contributed by atoms with van der Waals surface area (Å²) in [7, 11) is 0. The molecule has 1 fully saturated rings. The topological polar surface area (TPSA) is 24.9 Å². The standard InChI is InChI=1S/C14H24N2S/c1-11(2)9-15-10-14(3,12-4-5-12)8-13-16-6-7-17-13/h6-7,11-12,15H,4-5,8-10H2,1-3H3. The van der Waals surface area contributed by atoms with Gasteiger partial charge < -0.3 is 5.32 Å². The summed E-state index contributed by atoms with van der Waals surface area (Å²) in [6.07, 6.45) is 5.88. The molecular weight excluding hydrogens is 228 g/mol. The zero-order valence-corrected chi connectivity index (χ0v) is 12.0. The fraction of sp³-hybridized carbons (Fsp3) is 0.786. The predicted octanol–water partition coefficient (Wildman–Crippen LogP) is 3.35. The van der Waals surface area contributed by atoms with Crippen molar-refractivity contribution in [3.05, 3.63) is 16.6 Å². The first-order valence-electron chi connectivity index (χ1n) is 6.69. The van der Waals surface area contributed by atoms with Crippen LogP contribution in [0.4, 0.5) is 0 Å². The number of hydrogen-bond acceptors (Lipinski definition) is 3. The van der Waals surface area contributed by atoms with Crippen LogP contribution in [0.25, 0.3) is 0 Å². The van der Waals surface area contributed by atoms with Crippen molar-refractivity contribution in [2.24, 2.45) is 17.3 Å². The lowest BCUT2D eigenvalue weighted by molar-refractivity contribution is 0.252. The lowest BCUT2D eigenvalue weighted by Crippen LogP contribution is -2.37. The fourth-order valence-electron chi connectivity index (χ4n) is 2.46. The van der Waals surface area contributed by atoms with E-state index in [0.29, 0.717) is 5.41 Å². The molecule has 0 amide bonds. The van der Waals surface area contributed by atoms with E-state index >= 15 is 0 Å². The second kappa shape index (κ2) is 5.49. The van der Waals surface area contributed by atoms with E-state index < -0.39 is 0 Å². The molecule has 0 saturated heterocycles. The van der Waals surface area contributed by atoms with Crippen molar-refractivity contribution in [1.82, 2.24) is 10.3 Å². The Morgan fingerprint density at radius 1 is 1.53 bits per heavy atom. The molecule has 1 unspecified atom stereocenters. The van der Waals surface area contributed by atoms with Gasteiger partial charge in [0.05, 0.1) is 5.01 Å². The van der Waals surface area contributed by atoms with Gasteiger partial charge in [0.1, 0.15) is 0 Å². The molecule has 1 aliphatic carbocycles. The van der Waals surface area contributed by atoms with Crippen molar-refractivity contribution < 1.29 is 0 Å². The first-order chi connectivity index (χ1) is 8.10. The van der Waals surface area contributed by atoms with E-state index in [1.54, 1.807) is 11.3 Å². The second-order valence-electron chi connectivity index (χ2n) is 6.06. The van der Waals surface area contributed by atoms with Crippen LogP contribution < -0.4 is 5.32 Å². The number of thiazole rings is 1. The van der Waals surface area contributed by atoms with Gasteiger partial charge in [-0.05, 0) is 36.6 Å². The molecule has 0 bridgehead atoms. The minimum Gasteiger partial charge on any atom is -0.316 e. The van der Waals surface area contributed by atoms with E-state index in [9.17, 15) is 0 Å². The van der Waals surface area contributed by atoms with Crippen LogP contribution in [0, 0.1) is 17.3 Å². The predicted molar refractivity (Wildman–Crippen MR) is 74.4 cm³/mol. The van der Waals surface area contributed by atoms with Crippen LogP contribution in [0.2, 0.25) is 0 Å². The third-order valence-corrected chi connectivity index (χ3v) is 4.46. The highest BCUT2D eigenvalue weighted by Gasteiger charge is 2.41. The molecule has 2 nitrogen and oxygen atoms in total. The third-order valence-electron chi connectivity index (χ3n) is 3.68. The maximum absolute atomic E-state index is 4.45. The summed E-state index contributed by atoms with van der Waals surface area (Å²) in [5, 5.41) is 7.02. The normalized spacial score (nSPS) is 19.5. The summed E-state index contributed by atoms with van der Waals surface area (Å²) >= 11 is 1.80. The van der Waals surface area contributed by atoms with E-state index in [1.165, 1.54) is 17.8 Å². The SMILES string of the molecule is CC(C)CNCC(C)(Cc1nccs1)C1CC1. The van der Waals surface area contributed by atoms with Crippen molar-refractivity contribution in [3.63, 3.8) is 0 Å². The van der Waals surface area contributed by atoms with Crippen molar-refractivity contribution >= 4 is 11.3 Å². The van der Waals surface area contributed by atoms with Gasteiger partial charge in [-0.25, -0.2) is 4.98 Å². The van der Waals surface area contributed by atoms with Gasteiger partial charge in [-0.1, -0.05) is 20.8 Å². The van der Waals surface area contributed by atoms with Crippen LogP contribution in [0.1, 0.15) is 38.6 Å². The Labute approximate surface area is 109 Å². The van der Waals surface area contributed by atoms with E-state index in [-0.39, 0.29) is 0 Å². The van der Waals surface area contributed by atoms with E-state index in [0.717, 1.165) is 31.3 Å². The minimum atomic E-state index is 0.409. The van der Waals surface area contributed by atoms with Crippen LogP contribution in [0.15, 0.2) is 11.6 Å². The molecule has 1 atom stereocenters. The van der Waals surface area contributed by atoms with Crippen molar-refractivity contribution in [1.29, 1.82) is 0 Å². The van der Waals surface area contributed by atoms with E-state index in [1.807, 2.05) is 6.20 Å². The molecule has 1 aromatic heterocycles. The molecule has 1 heterocycles. The Kier molecular flexibility index (Phi) is 4.21. The number of nitrogens with zero attached hydrogens (tertiary/aromatic N) is 1. The average Bonchev–Trinajstić information content (AvgIpc) is 3.00. The summed E-state index contributed by atoms with van der Waals surface area (Å²) in [5.74, 6) is 1.64. The highest BCUT2D eigenvalue weighted by Crippen LogP contribution is 2.47. The Morgan fingerprint density at radius 3 is 2.82 bits per heavy atom. The third kappa shape index (κ3) is 3.78. The zero-order valence-electron chi connectivity index (χ0n) is 11.2. The van der Waals surface area contributed by atoms with Crippen LogP contribution in [0.3, 0.4) is 0 Å². The monoisotopic (exact) mass is 252 g/mol. The van der Waals surface area contributed by atoms with Gasteiger partial charge in [-0.3, -0.25) is 0 Å². The van der Waals surface area contributed by atoms with Crippen molar-refractivity contribution in [2.45, 2.75) is 40.0 Å². The largest absolute Gasteiger partial charge is 0.316 e. The van der Waals surface area contributed by atoms with E-state index in [2.05, 4.69) is 36.5 Å². The van der Waals surface area contributed by atoms with Gasteiger partial charge in [-0.15, -0.1) is 11.3 Å². The quantitative estimate of drug-likeness (QED) is 0.805. The van der Waals surface area contributed by atoms with E-state index in [4.69, 9.17) is 0 Å². The Balaban J connectivity index is 1.90. The van der Waals surface area contributed by atoms with Gasteiger partial charge in [0.25, 0.3) is 0 Å². The highest BCUT2D eigenvalue weighted by molar-refractivity contribution is 7.09. The summed E-state index contributed by atoms with van der Waals surface area (Å²) in [6.45, 7) is 9.22. The Bertz CT molecular complexity index is 330. The first-order valence-corrected chi connectivity index (χ1v) is 7.57. The second-order valence-corrected chi connectivity index (χ2v) is 7.03. The Hall–Kier alpha value is -0.410. The smallest absolute Gasteiger partial charge is 0.0930 e. The number of aromatic nitrogens is 1. The molecule has 2 rings (SSSR count). The minimum absolute atomic E-state index is 0.409. The fourth-order valence-corrected chi connectivity index (χ4v) is 3.28. The number of nitrogens with one attached hydrogen (secondary N) is 1. The average molecular weight is 252 g/mol. The van der Waals surface area contributed by atoms with Crippen LogP contribution in [-0.2, 0) is 6.42 Å². The highest BCUT2D eigenvalue weighted by atomic mass is 32.1. The lowest BCUT2D eigenvalue weighted by Gasteiger charge is -2.29. The summed E-state index contributed by atoms with van der Waals surface area (Å²) in [5.41, 5.74) is 0.409. The molecule has 0 spiro atoms. The van der Waals surface area contributed by atoms with Crippen LogP contribution >= 0.6 is 11.3 Å². The summed E-state index contributed by atoms with van der Waals surface area (Å²) in [4.78, 5) is 4.45. The molecule has 17 heavy (non-hydrogen) atoms. The molecule has 1 saturated carbocycles. The molecule has 0 aromatic carbocycles. The number of hydrogen-bond donors (Lipinski definition) is 1. The van der Waals surface area contributed by atoms with Gasteiger partial charge in [0, 0.05) is 24.5 Å².